The topological polar surface area (TPSA) is 68.4 Å². The van der Waals surface area contributed by atoms with E-state index in [-0.39, 0.29) is 5.78 Å². The third-order valence-electron chi connectivity index (χ3n) is 10.2. The molecule has 0 atom stereocenters. The second kappa shape index (κ2) is 16.3. The lowest BCUT2D eigenvalue weighted by Crippen LogP contribution is -2.60. The Kier molecular flexibility index (Phi) is 12.5. The molecule has 0 saturated heterocycles. The summed E-state index contributed by atoms with van der Waals surface area (Å²) >= 11 is 0. The highest BCUT2D eigenvalue weighted by atomic mass is 28.3. The summed E-state index contributed by atoms with van der Waals surface area (Å²) < 4.78 is 0. The first-order valence-electron chi connectivity index (χ1n) is 17.9. The van der Waals surface area contributed by atoms with Gasteiger partial charge in [-0.2, -0.15) is 0 Å². The van der Waals surface area contributed by atoms with Gasteiger partial charge in [0, 0.05) is 101 Å². The highest BCUT2D eigenvalue weighted by Crippen LogP contribution is 2.27. The number of anilines is 4. The molecule has 6 rings (SSSR count). The van der Waals surface area contributed by atoms with E-state index >= 15 is 0 Å². The van der Waals surface area contributed by atoms with Gasteiger partial charge in [0.1, 0.15) is 22.7 Å². The third kappa shape index (κ3) is 8.13. The summed E-state index contributed by atoms with van der Waals surface area (Å²) in [6, 6.07) is 26.0. The number of nitrogens with zero attached hydrogens (tertiary/aromatic N) is 5. The molecule has 2 aliphatic rings. The SMILES string of the molecule is C#CCN.C#CCN=C1c2ccc(N(C)C)cc2[Si](C)(C)c2cc(N(C)C)ccc21.CN(C)c1ccc2c(c1)[Si](C)(C)c1cc(N(C)C)ccc1C2=O. The van der Waals surface area contributed by atoms with E-state index in [2.05, 4.69) is 141 Å². The van der Waals surface area contributed by atoms with E-state index in [1.165, 1.54) is 43.2 Å². The minimum Gasteiger partial charge on any atom is -0.378 e. The summed E-state index contributed by atoms with van der Waals surface area (Å²) in [4.78, 5) is 26.2. The zero-order valence-corrected chi connectivity index (χ0v) is 35.7. The molecular formula is C44H56N6OSi2. The fourth-order valence-corrected chi connectivity index (χ4v) is 13.1. The Morgan fingerprint density at radius 2 is 0.830 bits per heavy atom. The quantitative estimate of drug-likeness (QED) is 0.245. The van der Waals surface area contributed by atoms with Crippen LogP contribution in [-0.4, -0.2) is 97.1 Å². The second-order valence-corrected chi connectivity index (χ2v) is 24.0. The number of rotatable bonds is 5. The average molecular weight is 741 g/mol. The molecule has 0 spiro atoms. The first-order valence-corrected chi connectivity index (χ1v) is 23.9. The van der Waals surface area contributed by atoms with Gasteiger partial charge < -0.3 is 25.3 Å². The molecule has 0 unspecified atom stereocenters. The number of nitrogens with two attached hydrogens (primary N) is 1. The molecule has 9 heteroatoms. The van der Waals surface area contributed by atoms with Gasteiger partial charge in [0.25, 0.3) is 0 Å². The number of fused-ring (bicyclic) bond motifs is 4. The Labute approximate surface area is 320 Å². The number of terminal acetylenes is 2. The van der Waals surface area contributed by atoms with Crippen LogP contribution in [0.4, 0.5) is 22.7 Å². The lowest BCUT2D eigenvalue weighted by molar-refractivity contribution is 0.104. The fourth-order valence-electron chi connectivity index (χ4n) is 6.99. The maximum atomic E-state index is 13.0. The molecule has 53 heavy (non-hydrogen) atoms. The van der Waals surface area contributed by atoms with Crippen molar-refractivity contribution >= 4 is 71.1 Å². The van der Waals surface area contributed by atoms with Crippen LogP contribution in [0, 0.1) is 24.7 Å². The van der Waals surface area contributed by atoms with Crippen molar-refractivity contribution in [2.75, 3.05) is 89.1 Å². The van der Waals surface area contributed by atoms with Crippen LogP contribution in [0.3, 0.4) is 0 Å². The van der Waals surface area contributed by atoms with Crippen LogP contribution in [0.2, 0.25) is 26.2 Å². The number of carbonyl (C=O) groups excluding carboxylic acids is 1. The molecule has 0 amide bonds. The van der Waals surface area contributed by atoms with Crippen LogP contribution >= 0.6 is 0 Å². The van der Waals surface area contributed by atoms with Gasteiger partial charge in [0.2, 0.25) is 0 Å². The van der Waals surface area contributed by atoms with Gasteiger partial charge in [-0.05, 0) is 81.4 Å². The van der Waals surface area contributed by atoms with Crippen molar-refractivity contribution in [1.29, 1.82) is 0 Å². The monoisotopic (exact) mass is 740 g/mol. The molecule has 276 valence electrons. The summed E-state index contributed by atoms with van der Waals surface area (Å²) in [6.07, 6.45) is 10.2. The van der Waals surface area contributed by atoms with Crippen LogP contribution in [0.15, 0.2) is 77.8 Å². The first-order chi connectivity index (χ1) is 24.9. The van der Waals surface area contributed by atoms with Crippen LogP contribution in [0.5, 0.6) is 0 Å². The standard InChI is InChI=1S/C22H27N3Si.C19H24N2OSi.C3H5N/c1-8-13-23-22-18-11-9-16(24(2)3)14-20(18)26(6,7)21-15-17(25(4)5)10-12-19(21)22;1-20(2)13-7-9-15-17(11-13)23(5,6)18-12-14(21(3)4)8-10-16(18)19(15)22;1-2-3-4/h1,9-12,14-15H,13H2,2-7H3;7-12H,1-6H3;1H,3-4H2. The Balaban J connectivity index is 0.000000216. The fraction of sp³-hybridized carbons (Fsp3) is 0.318. The van der Waals surface area contributed by atoms with E-state index in [0.717, 1.165) is 28.2 Å². The normalized spacial score (nSPS) is 13.8. The largest absolute Gasteiger partial charge is 0.378 e. The zero-order valence-electron chi connectivity index (χ0n) is 33.7. The summed E-state index contributed by atoms with van der Waals surface area (Å²) in [5, 5.41) is 5.36. The van der Waals surface area contributed by atoms with Crippen LogP contribution in [0.1, 0.15) is 27.0 Å². The second-order valence-electron chi connectivity index (χ2n) is 15.4. The maximum absolute atomic E-state index is 13.0. The van der Waals surface area contributed by atoms with Crippen LogP contribution in [-0.2, 0) is 0 Å². The molecule has 4 aromatic carbocycles. The van der Waals surface area contributed by atoms with Crippen LogP contribution < -0.4 is 46.1 Å². The molecule has 2 N–H and O–H groups in total. The van der Waals surface area contributed by atoms with E-state index in [4.69, 9.17) is 17.1 Å². The molecule has 0 aromatic heterocycles. The predicted molar refractivity (Wildman–Crippen MR) is 237 cm³/mol. The van der Waals surface area contributed by atoms with Gasteiger partial charge in [-0.15, -0.1) is 12.8 Å². The minimum atomic E-state index is -1.90. The van der Waals surface area contributed by atoms with Gasteiger partial charge in [0.05, 0.1) is 12.3 Å². The third-order valence-corrected chi connectivity index (χ3v) is 17.3. The lowest BCUT2D eigenvalue weighted by atomic mass is 10.00. The summed E-state index contributed by atoms with van der Waals surface area (Å²) in [7, 11) is 12.8. The van der Waals surface area contributed by atoms with Gasteiger partial charge in [0.15, 0.2) is 5.78 Å². The van der Waals surface area contributed by atoms with E-state index in [1.54, 1.807) is 0 Å². The van der Waals surface area contributed by atoms with E-state index in [0.29, 0.717) is 13.1 Å². The van der Waals surface area contributed by atoms with Crippen molar-refractivity contribution in [2.24, 2.45) is 10.7 Å². The average Bonchev–Trinajstić information content (AvgIpc) is 3.13. The van der Waals surface area contributed by atoms with Crippen molar-refractivity contribution < 1.29 is 4.79 Å². The predicted octanol–water partition coefficient (Wildman–Crippen LogP) is 4.19. The minimum absolute atomic E-state index is 0.164. The Morgan fingerprint density at radius 3 is 1.09 bits per heavy atom. The molecule has 7 nitrogen and oxygen atoms in total. The molecular weight excluding hydrogens is 685 g/mol. The van der Waals surface area contributed by atoms with Gasteiger partial charge in [-0.3, -0.25) is 9.79 Å². The first kappa shape index (κ1) is 40.7. The number of hydrogen-bond acceptors (Lipinski definition) is 7. The number of hydrogen-bond donors (Lipinski definition) is 1. The molecule has 2 aliphatic heterocycles. The Bertz CT molecular complexity index is 1990. The number of ketones is 1. The lowest BCUT2D eigenvalue weighted by Gasteiger charge is -2.36. The van der Waals surface area contributed by atoms with Crippen molar-refractivity contribution in [2.45, 2.75) is 26.2 Å². The zero-order chi connectivity index (χ0) is 39.4. The van der Waals surface area contributed by atoms with Gasteiger partial charge in [-0.1, -0.05) is 50.2 Å². The molecule has 0 fully saturated rings. The molecule has 4 aromatic rings. The molecule has 2 heterocycles. The maximum Gasteiger partial charge on any atom is 0.192 e. The Morgan fingerprint density at radius 1 is 0.547 bits per heavy atom. The smallest absolute Gasteiger partial charge is 0.192 e. The van der Waals surface area contributed by atoms with Crippen molar-refractivity contribution in [3.05, 3.63) is 95.1 Å². The number of carbonyl (C=O) groups is 1. The summed E-state index contributed by atoms with van der Waals surface area (Å²) in [6.45, 7) is 10.3. The van der Waals surface area contributed by atoms with Crippen molar-refractivity contribution in [3.63, 3.8) is 0 Å². The molecule has 0 aliphatic carbocycles. The van der Waals surface area contributed by atoms with Crippen LogP contribution in [0.25, 0.3) is 0 Å². The molecule has 0 bridgehead atoms. The summed E-state index contributed by atoms with van der Waals surface area (Å²) in [5.41, 5.74) is 14.9. The molecule has 0 radical (unpaired) electrons. The van der Waals surface area contributed by atoms with Crippen molar-refractivity contribution in [1.82, 2.24) is 0 Å². The summed E-state index contributed by atoms with van der Waals surface area (Å²) in [5.74, 6) is 5.04. The highest BCUT2D eigenvalue weighted by Gasteiger charge is 2.40. The Hall–Kier alpha value is -5.07. The van der Waals surface area contributed by atoms with E-state index in [9.17, 15) is 4.79 Å². The van der Waals surface area contributed by atoms with Gasteiger partial charge >= 0.3 is 0 Å². The van der Waals surface area contributed by atoms with Gasteiger partial charge in [-0.25, -0.2) is 0 Å². The van der Waals surface area contributed by atoms with Crippen molar-refractivity contribution in [3.8, 4) is 24.7 Å². The van der Waals surface area contributed by atoms with E-state index < -0.39 is 16.1 Å². The number of aliphatic imine (C=N–C) groups is 1. The van der Waals surface area contributed by atoms with E-state index in [1.807, 2.05) is 52.5 Å². The highest BCUT2D eigenvalue weighted by molar-refractivity contribution is 7.03. The number of benzene rings is 4. The molecule has 0 saturated carbocycles.